The summed E-state index contributed by atoms with van der Waals surface area (Å²) in [6.07, 6.45) is 2.28. The molecule has 3 aliphatic heterocycles. The molecule has 2 atom stereocenters. The number of aromatic amines is 1. The van der Waals surface area contributed by atoms with Crippen LogP contribution in [0.15, 0.2) is 30.3 Å². The summed E-state index contributed by atoms with van der Waals surface area (Å²) in [6.45, 7) is 5.66. The van der Waals surface area contributed by atoms with E-state index in [4.69, 9.17) is 4.74 Å². The van der Waals surface area contributed by atoms with Crippen molar-refractivity contribution in [2.75, 3.05) is 26.7 Å². The van der Waals surface area contributed by atoms with E-state index >= 15 is 0 Å². The number of carbonyl (C=O) groups excluding carboxylic acids is 1. The molecule has 5 rings (SSSR count). The molecule has 3 saturated heterocycles. The van der Waals surface area contributed by atoms with E-state index in [0.717, 1.165) is 44.0 Å². The Hall–Kier alpha value is -2.34. The van der Waals surface area contributed by atoms with Crippen molar-refractivity contribution >= 4 is 5.91 Å². The van der Waals surface area contributed by atoms with Crippen LogP contribution in [0.5, 0.6) is 5.75 Å². The maximum Gasteiger partial charge on any atom is 0.274 e. The third-order valence-corrected chi connectivity index (χ3v) is 5.54. The molecule has 138 valence electrons. The van der Waals surface area contributed by atoms with E-state index in [1.165, 1.54) is 12.0 Å². The van der Waals surface area contributed by atoms with Crippen molar-refractivity contribution in [3.63, 3.8) is 0 Å². The topological polar surface area (TPSA) is 61.5 Å². The molecule has 0 aliphatic carbocycles. The van der Waals surface area contributed by atoms with E-state index in [-0.39, 0.29) is 11.9 Å². The highest BCUT2D eigenvalue weighted by Gasteiger charge is 2.37. The third-order valence-electron chi connectivity index (χ3n) is 5.54. The van der Waals surface area contributed by atoms with Gasteiger partial charge in [0.05, 0.1) is 7.11 Å². The zero-order chi connectivity index (χ0) is 18.1. The summed E-state index contributed by atoms with van der Waals surface area (Å²) in [5.74, 6) is 1.49. The van der Waals surface area contributed by atoms with E-state index in [0.29, 0.717) is 11.6 Å². The molecule has 1 N–H and O–H groups in total. The van der Waals surface area contributed by atoms with Crippen molar-refractivity contribution in [2.24, 2.45) is 5.92 Å². The van der Waals surface area contributed by atoms with E-state index in [2.05, 4.69) is 32.1 Å². The van der Waals surface area contributed by atoms with E-state index in [9.17, 15) is 4.79 Å². The number of aryl methyl sites for hydroxylation is 1. The van der Waals surface area contributed by atoms with Crippen molar-refractivity contribution in [1.29, 1.82) is 0 Å². The van der Waals surface area contributed by atoms with Crippen LogP contribution in [0.2, 0.25) is 0 Å². The van der Waals surface area contributed by atoms with Crippen LogP contribution in [0, 0.1) is 12.8 Å². The van der Waals surface area contributed by atoms with Crippen LogP contribution < -0.4 is 4.74 Å². The number of carbonyl (C=O) groups is 1. The Morgan fingerprint density at radius 2 is 2.04 bits per heavy atom. The van der Waals surface area contributed by atoms with Gasteiger partial charge in [0.2, 0.25) is 0 Å². The van der Waals surface area contributed by atoms with Crippen LogP contribution in [0.25, 0.3) is 0 Å². The fourth-order valence-corrected chi connectivity index (χ4v) is 4.22. The maximum atomic E-state index is 12.9. The SMILES string of the molecule is COc1ccc(CN2C[C@@H]3CC[C@H](C2)N(C(=O)c2cc(C)[nH]n2)C3)cc1. The van der Waals surface area contributed by atoms with Crippen LogP contribution in [-0.4, -0.2) is 58.7 Å². The molecule has 0 radical (unpaired) electrons. The molecule has 1 aromatic carbocycles. The Balaban J connectivity index is 1.46. The molecule has 0 spiro atoms. The summed E-state index contributed by atoms with van der Waals surface area (Å²) in [5.41, 5.74) is 2.75. The van der Waals surface area contributed by atoms with E-state index in [1.807, 2.05) is 25.1 Å². The molecule has 6 nitrogen and oxygen atoms in total. The number of rotatable bonds is 4. The van der Waals surface area contributed by atoms with Gasteiger partial charge in [-0.2, -0.15) is 5.10 Å². The summed E-state index contributed by atoms with van der Waals surface area (Å²) in [7, 11) is 1.69. The van der Waals surface area contributed by atoms with Crippen molar-refractivity contribution in [3.05, 3.63) is 47.3 Å². The van der Waals surface area contributed by atoms with Crippen molar-refractivity contribution in [1.82, 2.24) is 20.0 Å². The highest BCUT2D eigenvalue weighted by atomic mass is 16.5. The molecular weight excluding hydrogens is 328 g/mol. The van der Waals surface area contributed by atoms with Crippen LogP contribution in [0.1, 0.15) is 34.6 Å². The molecule has 3 aliphatic rings. The van der Waals surface area contributed by atoms with Gasteiger partial charge in [-0.25, -0.2) is 0 Å². The Morgan fingerprint density at radius 3 is 2.73 bits per heavy atom. The van der Waals surface area contributed by atoms with Gasteiger partial charge in [-0.05, 0) is 49.4 Å². The first kappa shape index (κ1) is 17.1. The first-order valence-corrected chi connectivity index (χ1v) is 9.30. The second-order valence-corrected chi connectivity index (χ2v) is 7.53. The zero-order valence-electron chi connectivity index (χ0n) is 15.4. The number of ether oxygens (including phenoxy) is 1. The lowest BCUT2D eigenvalue weighted by atomic mass is 9.94. The molecule has 2 aromatic rings. The van der Waals surface area contributed by atoms with Gasteiger partial charge in [0, 0.05) is 37.9 Å². The number of benzene rings is 1. The summed E-state index contributed by atoms with van der Waals surface area (Å²) in [6, 6.07) is 10.4. The normalized spacial score (nSPS) is 23.1. The van der Waals surface area contributed by atoms with Gasteiger partial charge in [0.1, 0.15) is 11.4 Å². The van der Waals surface area contributed by atoms with Crippen LogP contribution in [0.4, 0.5) is 0 Å². The average Bonchev–Trinajstić information content (AvgIpc) is 2.90. The number of H-pyrrole nitrogens is 1. The van der Waals surface area contributed by atoms with Gasteiger partial charge in [0.25, 0.3) is 5.91 Å². The molecule has 0 saturated carbocycles. The lowest BCUT2D eigenvalue weighted by Crippen LogP contribution is -2.47. The number of hydrogen-bond donors (Lipinski definition) is 1. The van der Waals surface area contributed by atoms with Gasteiger partial charge in [0.15, 0.2) is 0 Å². The summed E-state index contributed by atoms with van der Waals surface area (Å²) in [4.78, 5) is 17.4. The Bertz CT molecular complexity index is 770. The van der Waals surface area contributed by atoms with E-state index in [1.54, 1.807) is 7.11 Å². The molecular formula is C20H26N4O2. The molecule has 2 bridgehead atoms. The Labute approximate surface area is 154 Å². The van der Waals surface area contributed by atoms with Crippen LogP contribution >= 0.6 is 0 Å². The number of amides is 1. The average molecular weight is 354 g/mol. The number of piperidine rings is 1. The summed E-state index contributed by atoms with van der Waals surface area (Å²) in [5, 5.41) is 7.05. The lowest BCUT2D eigenvalue weighted by Gasteiger charge is -2.35. The third kappa shape index (κ3) is 3.46. The monoisotopic (exact) mass is 354 g/mol. The minimum atomic E-state index is 0.0651. The summed E-state index contributed by atoms with van der Waals surface area (Å²) >= 11 is 0. The number of fused-ring (bicyclic) bond motifs is 4. The fraction of sp³-hybridized carbons (Fsp3) is 0.500. The van der Waals surface area contributed by atoms with Crippen LogP contribution in [0.3, 0.4) is 0 Å². The second-order valence-electron chi connectivity index (χ2n) is 7.53. The predicted octanol–water partition coefficient (Wildman–Crippen LogP) is 2.46. The van der Waals surface area contributed by atoms with Gasteiger partial charge >= 0.3 is 0 Å². The van der Waals surface area contributed by atoms with Gasteiger partial charge in [-0.3, -0.25) is 14.8 Å². The Kier molecular flexibility index (Phi) is 4.68. The molecule has 4 heterocycles. The lowest BCUT2D eigenvalue weighted by molar-refractivity contribution is 0.0579. The predicted molar refractivity (Wildman–Crippen MR) is 99.1 cm³/mol. The summed E-state index contributed by atoms with van der Waals surface area (Å²) < 4.78 is 5.24. The zero-order valence-corrected chi connectivity index (χ0v) is 15.4. The smallest absolute Gasteiger partial charge is 0.274 e. The van der Waals surface area contributed by atoms with Gasteiger partial charge in [-0.1, -0.05) is 12.1 Å². The first-order valence-electron chi connectivity index (χ1n) is 9.30. The molecule has 0 unspecified atom stereocenters. The second kappa shape index (κ2) is 7.11. The molecule has 3 fully saturated rings. The highest BCUT2D eigenvalue weighted by molar-refractivity contribution is 5.92. The molecule has 6 heteroatoms. The maximum absolute atomic E-state index is 12.9. The van der Waals surface area contributed by atoms with E-state index < -0.39 is 0 Å². The number of nitrogens with zero attached hydrogens (tertiary/aromatic N) is 3. The molecule has 1 aromatic heterocycles. The quantitative estimate of drug-likeness (QED) is 0.916. The van der Waals surface area contributed by atoms with Gasteiger partial charge < -0.3 is 9.64 Å². The number of hydrogen-bond acceptors (Lipinski definition) is 4. The van der Waals surface area contributed by atoms with Crippen molar-refractivity contribution < 1.29 is 9.53 Å². The van der Waals surface area contributed by atoms with Crippen molar-refractivity contribution in [2.45, 2.75) is 32.4 Å². The molecule has 26 heavy (non-hydrogen) atoms. The van der Waals surface area contributed by atoms with Crippen LogP contribution in [-0.2, 0) is 6.54 Å². The minimum Gasteiger partial charge on any atom is -0.497 e. The largest absolute Gasteiger partial charge is 0.497 e. The number of nitrogens with one attached hydrogen (secondary N) is 1. The minimum absolute atomic E-state index is 0.0651. The fourth-order valence-electron chi connectivity index (χ4n) is 4.22. The standard InChI is InChI=1S/C20H26N4O2/c1-14-9-19(22-21-14)20(25)24-12-16-3-6-17(24)13-23(11-16)10-15-4-7-18(26-2)8-5-15/h4-5,7-9,16-17H,3,6,10-13H2,1-2H3,(H,21,22)/t16-,17+/m0/s1. The Morgan fingerprint density at radius 1 is 1.23 bits per heavy atom. The highest BCUT2D eigenvalue weighted by Crippen LogP contribution is 2.30. The first-order chi connectivity index (χ1) is 12.6. The number of methoxy groups -OCH3 is 1. The van der Waals surface area contributed by atoms with Gasteiger partial charge in [-0.15, -0.1) is 0 Å². The molecule has 1 amide bonds. The van der Waals surface area contributed by atoms with Crippen molar-refractivity contribution in [3.8, 4) is 5.75 Å². The number of aromatic nitrogens is 2.